The molecule has 0 amide bonds. The minimum Gasteiger partial charge on any atom is -0.398 e. The number of benzene rings is 1. The molecule has 0 radical (unpaired) electrons. The smallest absolute Gasteiger partial charge is 0.243 e. The van der Waals surface area contributed by atoms with E-state index in [1.165, 1.54) is 40.9 Å². The van der Waals surface area contributed by atoms with Gasteiger partial charge in [0, 0.05) is 28.3 Å². The summed E-state index contributed by atoms with van der Waals surface area (Å²) in [7, 11) is -2.05. The molecule has 0 spiro atoms. The Morgan fingerprint density at radius 3 is 2.65 bits per heavy atom. The number of nitrogens with zero attached hydrogens (tertiary/aromatic N) is 1. The van der Waals surface area contributed by atoms with E-state index >= 15 is 0 Å². The molecule has 1 heterocycles. The first-order valence-corrected chi connectivity index (χ1v) is 9.04. The maximum absolute atomic E-state index is 12.4. The van der Waals surface area contributed by atoms with Crippen molar-refractivity contribution in [2.45, 2.75) is 11.4 Å². The number of halogens is 2. The van der Waals surface area contributed by atoms with Gasteiger partial charge in [-0.1, -0.05) is 11.6 Å². The van der Waals surface area contributed by atoms with Gasteiger partial charge in [0.25, 0.3) is 0 Å². The van der Waals surface area contributed by atoms with E-state index in [0.29, 0.717) is 12.2 Å². The van der Waals surface area contributed by atoms with Crippen LogP contribution in [0.4, 0.5) is 5.69 Å². The number of hydrogen-bond donors (Lipinski definition) is 1. The molecule has 0 unspecified atom stereocenters. The van der Waals surface area contributed by atoms with Crippen molar-refractivity contribution in [3.63, 3.8) is 0 Å². The van der Waals surface area contributed by atoms with E-state index in [1.54, 1.807) is 0 Å². The van der Waals surface area contributed by atoms with Gasteiger partial charge in [-0.3, -0.25) is 0 Å². The fourth-order valence-corrected chi connectivity index (χ4v) is 4.60. The summed E-state index contributed by atoms with van der Waals surface area (Å²) in [6, 6.07) is 6.21. The molecule has 1 aromatic heterocycles. The molecule has 1 aromatic carbocycles. The Morgan fingerprint density at radius 2 is 2.10 bits per heavy atom. The van der Waals surface area contributed by atoms with Crippen LogP contribution in [0.2, 0.25) is 5.02 Å². The average molecular weight is 396 g/mol. The highest BCUT2D eigenvalue weighted by Gasteiger charge is 2.22. The van der Waals surface area contributed by atoms with Crippen molar-refractivity contribution >= 4 is 54.6 Å². The number of rotatable bonds is 4. The van der Waals surface area contributed by atoms with Crippen LogP contribution < -0.4 is 5.73 Å². The lowest BCUT2D eigenvalue weighted by Gasteiger charge is -2.16. The average Bonchev–Trinajstić information content (AvgIpc) is 2.78. The third kappa shape index (κ3) is 3.35. The fraction of sp³-hybridized carbons (Fsp3) is 0.167. The lowest BCUT2D eigenvalue weighted by Crippen LogP contribution is -2.26. The molecule has 0 atom stereocenters. The number of anilines is 1. The molecule has 0 aliphatic rings. The van der Waals surface area contributed by atoms with Crippen LogP contribution in [-0.2, 0) is 16.6 Å². The summed E-state index contributed by atoms with van der Waals surface area (Å²) >= 11 is 10.7. The van der Waals surface area contributed by atoms with E-state index in [0.717, 1.165) is 9.35 Å². The van der Waals surface area contributed by atoms with Crippen molar-refractivity contribution < 1.29 is 8.42 Å². The lowest BCUT2D eigenvalue weighted by atomic mass is 10.3. The zero-order valence-corrected chi connectivity index (χ0v) is 14.5. The Kier molecular flexibility index (Phi) is 4.76. The van der Waals surface area contributed by atoms with Crippen LogP contribution in [0.1, 0.15) is 4.88 Å². The van der Waals surface area contributed by atoms with Crippen molar-refractivity contribution in [3.05, 3.63) is 44.0 Å². The molecule has 2 aromatic rings. The molecule has 20 heavy (non-hydrogen) atoms. The Labute approximate surface area is 135 Å². The van der Waals surface area contributed by atoms with Gasteiger partial charge in [-0.05, 0) is 40.2 Å². The summed E-state index contributed by atoms with van der Waals surface area (Å²) in [4.78, 5) is 1.08. The Balaban J connectivity index is 2.27. The van der Waals surface area contributed by atoms with Gasteiger partial charge in [-0.2, -0.15) is 4.31 Å². The van der Waals surface area contributed by atoms with Gasteiger partial charge in [0.05, 0.1) is 15.6 Å². The largest absolute Gasteiger partial charge is 0.398 e. The molecule has 108 valence electrons. The third-order valence-corrected chi connectivity index (χ3v) is 6.49. The van der Waals surface area contributed by atoms with Crippen molar-refractivity contribution in [1.82, 2.24) is 4.31 Å². The molecule has 8 heteroatoms. The SMILES string of the molecule is CN(Cc1cc(Br)cs1)S(=O)(=O)c1ccc(N)c(Cl)c1. The summed E-state index contributed by atoms with van der Waals surface area (Å²) < 4.78 is 27.1. The first kappa shape index (κ1) is 15.8. The molecule has 0 aliphatic carbocycles. The predicted octanol–water partition coefficient (Wildman–Crippen LogP) is 3.57. The summed E-state index contributed by atoms with van der Waals surface area (Å²) in [5.41, 5.74) is 5.95. The van der Waals surface area contributed by atoms with E-state index in [2.05, 4.69) is 15.9 Å². The van der Waals surface area contributed by atoms with E-state index < -0.39 is 10.0 Å². The fourth-order valence-electron chi connectivity index (χ4n) is 1.59. The third-order valence-electron chi connectivity index (χ3n) is 2.68. The monoisotopic (exact) mass is 394 g/mol. The number of thiophene rings is 1. The van der Waals surface area contributed by atoms with Crippen LogP contribution >= 0.6 is 38.9 Å². The predicted molar refractivity (Wildman–Crippen MR) is 86.5 cm³/mol. The van der Waals surface area contributed by atoms with Gasteiger partial charge < -0.3 is 5.73 Å². The summed E-state index contributed by atoms with van der Waals surface area (Å²) in [6.07, 6.45) is 0. The Bertz CT molecular complexity index is 731. The molecule has 0 bridgehead atoms. The highest BCUT2D eigenvalue weighted by molar-refractivity contribution is 9.10. The van der Waals surface area contributed by atoms with Gasteiger partial charge in [-0.25, -0.2) is 8.42 Å². The van der Waals surface area contributed by atoms with E-state index in [1.807, 2.05) is 11.4 Å². The second-order valence-electron chi connectivity index (χ2n) is 4.18. The highest BCUT2D eigenvalue weighted by Crippen LogP contribution is 2.26. The van der Waals surface area contributed by atoms with Crippen molar-refractivity contribution in [1.29, 1.82) is 0 Å². The maximum Gasteiger partial charge on any atom is 0.243 e. The second-order valence-corrected chi connectivity index (χ2v) is 8.54. The van der Waals surface area contributed by atoms with Crippen LogP contribution in [0.3, 0.4) is 0 Å². The number of nitrogens with two attached hydrogens (primary N) is 1. The van der Waals surface area contributed by atoms with E-state index in [9.17, 15) is 8.42 Å². The van der Waals surface area contributed by atoms with Gasteiger partial charge in [0.2, 0.25) is 10.0 Å². The van der Waals surface area contributed by atoms with Crippen molar-refractivity contribution in [2.24, 2.45) is 0 Å². The normalized spacial score (nSPS) is 12.0. The van der Waals surface area contributed by atoms with Gasteiger partial charge >= 0.3 is 0 Å². The molecule has 0 aliphatic heterocycles. The van der Waals surface area contributed by atoms with Crippen LogP contribution in [0.25, 0.3) is 0 Å². The van der Waals surface area contributed by atoms with Crippen molar-refractivity contribution in [2.75, 3.05) is 12.8 Å². The molecule has 4 nitrogen and oxygen atoms in total. The molecule has 2 N–H and O–H groups in total. The van der Waals surface area contributed by atoms with Crippen LogP contribution in [0, 0.1) is 0 Å². The van der Waals surface area contributed by atoms with E-state index in [-0.39, 0.29) is 9.92 Å². The number of sulfonamides is 1. The molecule has 0 saturated heterocycles. The topological polar surface area (TPSA) is 63.4 Å². The first-order valence-electron chi connectivity index (χ1n) is 5.55. The van der Waals surface area contributed by atoms with Crippen LogP contribution in [0.15, 0.2) is 39.0 Å². The summed E-state index contributed by atoms with van der Waals surface area (Å²) in [6.45, 7) is 0.306. The molecular formula is C12H12BrClN2O2S2. The summed E-state index contributed by atoms with van der Waals surface area (Å²) in [5.74, 6) is 0. The van der Waals surface area contributed by atoms with Gasteiger partial charge in [0.15, 0.2) is 0 Å². The quantitative estimate of drug-likeness (QED) is 0.805. The Hall–Kier alpha value is -0.600. The molecule has 0 fully saturated rings. The van der Waals surface area contributed by atoms with Gasteiger partial charge in [-0.15, -0.1) is 11.3 Å². The molecular weight excluding hydrogens is 384 g/mol. The zero-order valence-electron chi connectivity index (χ0n) is 10.5. The Morgan fingerprint density at radius 1 is 1.40 bits per heavy atom. The standard InChI is InChI=1S/C12H12BrClN2O2S2/c1-16(6-9-4-8(13)7-19-9)20(17,18)10-2-3-12(15)11(14)5-10/h2-5,7H,6,15H2,1H3. The second kappa shape index (κ2) is 6.03. The van der Waals surface area contributed by atoms with Gasteiger partial charge in [0.1, 0.15) is 0 Å². The molecule has 0 saturated carbocycles. The minimum absolute atomic E-state index is 0.134. The van der Waals surface area contributed by atoms with Crippen LogP contribution in [0.5, 0.6) is 0 Å². The summed E-state index contributed by atoms with van der Waals surface area (Å²) in [5, 5.41) is 2.15. The maximum atomic E-state index is 12.4. The lowest BCUT2D eigenvalue weighted by molar-refractivity contribution is 0.469. The first-order chi connectivity index (χ1) is 9.30. The highest BCUT2D eigenvalue weighted by atomic mass is 79.9. The minimum atomic E-state index is -3.58. The van der Waals surface area contributed by atoms with Crippen molar-refractivity contribution in [3.8, 4) is 0 Å². The number of nitrogen functional groups attached to an aromatic ring is 1. The van der Waals surface area contributed by atoms with E-state index in [4.69, 9.17) is 17.3 Å². The van der Waals surface area contributed by atoms with Crippen LogP contribution in [-0.4, -0.2) is 19.8 Å². The molecule has 2 rings (SSSR count). The number of hydrogen-bond acceptors (Lipinski definition) is 4. The zero-order chi connectivity index (χ0) is 14.9.